The van der Waals surface area contributed by atoms with Crippen LogP contribution in [0, 0.1) is 11.8 Å². The second-order valence-corrected chi connectivity index (χ2v) is 11.2. The van der Waals surface area contributed by atoms with E-state index in [9.17, 15) is 28.8 Å². The normalized spacial score (nSPS) is 25.0. The molecule has 2 atom stereocenters. The maximum Gasteiger partial charge on any atom is 0.309 e. The molecule has 226 valence electrons. The van der Waals surface area contributed by atoms with Crippen LogP contribution in [0.4, 0.5) is 11.4 Å². The molecule has 5 rings (SSSR count). The van der Waals surface area contributed by atoms with Crippen LogP contribution < -0.4 is 9.80 Å². The van der Waals surface area contributed by atoms with E-state index in [1.165, 1.54) is 0 Å². The van der Waals surface area contributed by atoms with Gasteiger partial charge in [0.25, 0.3) is 11.8 Å². The lowest BCUT2D eigenvalue weighted by molar-refractivity contribution is -0.150. The molecule has 0 aliphatic carbocycles. The highest BCUT2D eigenvalue weighted by molar-refractivity contribution is 6.24. The van der Waals surface area contributed by atoms with Gasteiger partial charge in [0.2, 0.25) is 11.8 Å². The number of rotatable bonds is 8. The van der Waals surface area contributed by atoms with Crippen LogP contribution in [0.15, 0.2) is 24.3 Å². The molecule has 4 aliphatic rings. The number of nitrogens with zero attached hydrogens (tertiary/aromatic N) is 4. The minimum atomic E-state index is -0.587. The fraction of sp³-hybridized carbons (Fsp3) is 0.600. The van der Waals surface area contributed by atoms with E-state index in [-0.39, 0.29) is 60.2 Å². The summed E-state index contributed by atoms with van der Waals surface area (Å²) >= 11 is 0. The lowest BCUT2D eigenvalue weighted by Gasteiger charge is -2.33. The number of amides is 4. The Kier molecular flexibility index (Phi) is 9.02. The van der Waals surface area contributed by atoms with Crippen LogP contribution in [-0.4, -0.2) is 96.8 Å². The van der Waals surface area contributed by atoms with Crippen LogP contribution >= 0.6 is 0 Å². The second kappa shape index (κ2) is 12.7. The number of likely N-dealkylation sites (tertiary alicyclic amines) is 2. The molecule has 1 aromatic carbocycles. The summed E-state index contributed by atoms with van der Waals surface area (Å²) in [6.45, 7) is 6.33. The Bertz CT molecular complexity index is 1140. The van der Waals surface area contributed by atoms with Gasteiger partial charge in [-0.25, -0.2) is 9.80 Å². The number of imide groups is 2. The molecule has 0 N–H and O–H groups in total. The topological polar surface area (TPSA) is 134 Å². The Balaban J connectivity index is 1.19. The summed E-state index contributed by atoms with van der Waals surface area (Å²) in [7, 11) is 0. The molecule has 4 saturated heterocycles. The van der Waals surface area contributed by atoms with E-state index in [0.717, 1.165) is 9.80 Å². The number of esters is 2. The van der Waals surface area contributed by atoms with Crippen molar-refractivity contribution < 1.29 is 38.2 Å². The van der Waals surface area contributed by atoms with Gasteiger partial charge in [-0.3, -0.25) is 38.6 Å². The summed E-state index contributed by atoms with van der Waals surface area (Å²) in [5.41, 5.74) is 0.767. The minimum Gasteiger partial charge on any atom is -0.466 e. The Morgan fingerprint density at radius 3 is 1.29 bits per heavy atom. The summed E-state index contributed by atoms with van der Waals surface area (Å²) in [5, 5.41) is 0. The van der Waals surface area contributed by atoms with E-state index in [4.69, 9.17) is 9.47 Å². The van der Waals surface area contributed by atoms with Gasteiger partial charge in [0.15, 0.2) is 0 Å². The fourth-order valence-corrected chi connectivity index (χ4v) is 6.51. The molecule has 0 radical (unpaired) electrons. The molecular formula is C30H38N4O8. The zero-order valence-corrected chi connectivity index (χ0v) is 24.2. The first-order valence-electron chi connectivity index (χ1n) is 14.9. The van der Waals surface area contributed by atoms with Crippen molar-refractivity contribution in [2.75, 3.05) is 49.2 Å². The maximum atomic E-state index is 13.3. The van der Waals surface area contributed by atoms with Crippen LogP contribution in [0.3, 0.4) is 0 Å². The highest BCUT2D eigenvalue weighted by atomic mass is 16.5. The van der Waals surface area contributed by atoms with E-state index in [2.05, 4.69) is 0 Å². The van der Waals surface area contributed by atoms with E-state index in [1.807, 2.05) is 9.80 Å². The third kappa shape index (κ3) is 5.82. The van der Waals surface area contributed by atoms with Gasteiger partial charge in [0.05, 0.1) is 61.3 Å². The number of benzene rings is 1. The molecule has 0 aromatic heterocycles. The standard InChI is InChI=1S/C30H38N4O8/c1-3-41-29(39)19-9-13-31(14-10-19)23-17-25(35)33(27(23)37)21-5-7-22(8-6-21)34-26(36)18-24(28(34)38)32-15-11-20(12-16-32)30(40)42-4-2/h5-8,19-20,23-24H,3-4,9-18H2,1-2H3/t23-,24-/m0/s1. The average molecular weight is 583 g/mol. The Hall–Kier alpha value is -3.64. The van der Waals surface area contributed by atoms with Crippen LogP contribution in [0.1, 0.15) is 52.4 Å². The van der Waals surface area contributed by atoms with E-state index < -0.39 is 12.1 Å². The molecule has 0 saturated carbocycles. The van der Waals surface area contributed by atoms with Gasteiger partial charge >= 0.3 is 11.9 Å². The number of carbonyl (C=O) groups is 6. The van der Waals surface area contributed by atoms with Gasteiger partial charge in [0, 0.05) is 0 Å². The number of anilines is 2. The summed E-state index contributed by atoms with van der Waals surface area (Å²) in [5.74, 6) is -2.08. The van der Waals surface area contributed by atoms with Crippen molar-refractivity contribution in [1.82, 2.24) is 9.80 Å². The highest BCUT2D eigenvalue weighted by Gasteiger charge is 2.46. The van der Waals surface area contributed by atoms with Crippen LogP contribution in [0.5, 0.6) is 0 Å². The molecule has 0 spiro atoms. The Labute approximate surface area is 244 Å². The van der Waals surface area contributed by atoms with E-state index in [0.29, 0.717) is 76.5 Å². The molecule has 0 bridgehead atoms. The maximum absolute atomic E-state index is 13.3. The number of carbonyl (C=O) groups excluding carboxylic acids is 6. The minimum absolute atomic E-state index is 0.0578. The monoisotopic (exact) mass is 582 g/mol. The lowest BCUT2D eigenvalue weighted by atomic mass is 9.95. The fourth-order valence-electron chi connectivity index (χ4n) is 6.51. The molecule has 12 nitrogen and oxygen atoms in total. The predicted molar refractivity (Wildman–Crippen MR) is 150 cm³/mol. The first kappa shape index (κ1) is 29.8. The smallest absolute Gasteiger partial charge is 0.309 e. The second-order valence-electron chi connectivity index (χ2n) is 11.2. The van der Waals surface area contributed by atoms with E-state index >= 15 is 0 Å². The van der Waals surface area contributed by atoms with Gasteiger partial charge in [-0.1, -0.05) is 0 Å². The molecule has 1 aromatic rings. The Morgan fingerprint density at radius 1 is 0.643 bits per heavy atom. The van der Waals surface area contributed by atoms with Crippen LogP contribution in [-0.2, 0) is 38.2 Å². The van der Waals surface area contributed by atoms with Crippen molar-refractivity contribution in [3.05, 3.63) is 24.3 Å². The molecule has 4 heterocycles. The number of hydrogen-bond donors (Lipinski definition) is 0. The third-order valence-corrected chi connectivity index (χ3v) is 8.79. The van der Waals surface area contributed by atoms with Crippen LogP contribution in [0.25, 0.3) is 0 Å². The highest BCUT2D eigenvalue weighted by Crippen LogP contribution is 2.33. The van der Waals surface area contributed by atoms with Gasteiger partial charge in [-0.2, -0.15) is 0 Å². The van der Waals surface area contributed by atoms with Gasteiger partial charge < -0.3 is 9.47 Å². The molecule has 0 unspecified atom stereocenters. The molecule has 12 heteroatoms. The van der Waals surface area contributed by atoms with E-state index in [1.54, 1.807) is 38.1 Å². The van der Waals surface area contributed by atoms with Gasteiger partial charge in [-0.15, -0.1) is 0 Å². The van der Waals surface area contributed by atoms with Crippen molar-refractivity contribution in [3.63, 3.8) is 0 Å². The Morgan fingerprint density at radius 2 is 0.976 bits per heavy atom. The SMILES string of the molecule is CCOC(=O)C1CCN([C@H]2CC(=O)N(c3ccc(N4C(=O)C[C@H](N5CCC(C(=O)OCC)CC5)C4=O)cc3)C2=O)CC1. The van der Waals surface area contributed by atoms with Gasteiger partial charge in [-0.05, 0) is 90.0 Å². The number of ether oxygens (including phenoxy) is 2. The van der Waals surface area contributed by atoms with Crippen molar-refractivity contribution >= 4 is 46.9 Å². The summed E-state index contributed by atoms with van der Waals surface area (Å²) in [6.07, 6.45) is 2.42. The van der Waals surface area contributed by atoms with Crippen molar-refractivity contribution in [3.8, 4) is 0 Å². The average Bonchev–Trinajstić information content (AvgIpc) is 3.46. The first-order valence-corrected chi connectivity index (χ1v) is 14.9. The number of hydrogen-bond acceptors (Lipinski definition) is 10. The molecular weight excluding hydrogens is 544 g/mol. The first-order chi connectivity index (χ1) is 20.2. The largest absolute Gasteiger partial charge is 0.466 e. The lowest BCUT2D eigenvalue weighted by Crippen LogP contribution is -2.47. The molecule has 42 heavy (non-hydrogen) atoms. The quantitative estimate of drug-likeness (QED) is 0.328. The van der Waals surface area contributed by atoms with Crippen molar-refractivity contribution in [2.45, 2.75) is 64.5 Å². The molecule has 4 amide bonds. The zero-order chi connectivity index (χ0) is 30.0. The summed E-state index contributed by atoms with van der Waals surface area (Å²) < 4.78 is 10.2. The van der Waals surface area contributed by atoms with Crippen LogP contribution in [0.2, 0.25) is 0 Å². The van der Waals surface area contributed by atoms with Gasteiger partial charge in [0.1, 0.15) is 0 Å². The summed E-state index contributed by atoms with van der Waals surface area (Å²) in [4.78, 5) is 82.8. The van der Waals surface area contributed by atoms with Crippen molar-refractivity contribution in [2.24, 2.45) is 11.8 Å². The molecule has 4 fully saturated rings. The van der Waals surface area contributed by atoms with Crippen molar-refractivity contribution in [1.29, 1.82) is 0 Å². The molecule has 4 aliphatic heterocycles. The third-order valence-electron chi connectivity index (χ3n) is 8.79. The zero-order valence-electron chi connectivity index (χ0n) is 24.2. The predicted octanol–water partition coefficient (Wildman–Crippen LogP) is 1.50. The summed E-state index contributed by atoms with van der Waals surface area (Å²) in [6, 6.07) is 5.16. The number of piperidine rings is 2.